The Hall–Kier alpha value is -0.670. The molecule has 0 spiro atoms. The number of thioether (sulfide) groups is 1. The molecule has 0 saturated heterocycles. The van der Waals surface area contributed by atoms with Gasteiger partial charge in [0.15, 0.2) is 0 Å². The molecule has 0 amide bonds. The van der Waals surface area contributed by atoms with Crippen molar-refractivity contribution in [2.24, 2.45) is 5.92 Å². The zero-order valence-electron chi connectivity index (χ0n) is 11.1. The monoisotopic (exact) mass is 250 g/mol. The van der Waals surface area contributed by atoms with Crippen LogP contribution < -0.4 is 11.1 Å². The lowest BCUT2D eigenvalue weighted by atomic mass is 9.93. The Kier molecular flexibility index (Phi) is 3.41. The summed E-state index contributed by atoms with van der Waals surface area (Å²) in [5.74, 6) is 0.714. The molecular formula is C14H22N2S. The van der Waals surface area contributed by atoms with Crippen LogP contribution in [0.15, 0.2) is 23.1 Å². The van der Waals surface area contributed by atoms with E-state index in [2.05, 4.69) is 45.1 Å². The van der Waals surface area contributed by atoms with Gasteiger partial charge in [-0.25, -0.2) is 0 Å². The standard InChI is InChI=1S/C14H22N2S/c1-9(2)7-13-16-14(3,4)11-8-10(15)5-6-12(11)17-13/h5-6,8-9,13,16H,7,15H2,1-4H3. The van der Waals surface area contributed by atoms with E-state index in [9.17, 15) is 0 Å². The largest absolute Gasteiger partial charge is 0.399 e. The van der Waals surface area contributed by atoms with Crippen molar-refractivity contribution < 1.29 is 0 Å². The molecule has 1 unspecified atom stereocenters. The van der Waals surface area contributed by atoms with Gasteiger partial charge in [0.2, 0.25) is 0 Å². The van der Waals surface area contributed by atoms with Gasteiger partial charge in [-0.3, -0.25) is 5.32 Å². The number of benzene rings is 1. The second-order valence-corrected chi connectivity index (χ2v) is 7.01. The van der Waals surface area contributed by atoms with Gasteiger partial charge in [-0.15, -0.1) is 11.8 Å². The predicted molar refractivity (Wildman–Crippen MR) is 76.1 cm³/mol. The molecule has 3 N–H and O–H groups in total. The molecule has 0 fully saturated rings. The molecule has 0 saturated carbocycles. The third kappa shape index (κ3) is 2.78. The van der Waals surface area contributed by atoms with Gasteiger partial charge in [0.25, 0.3) is 0 Å². The molecule has 0 radical (unpaired) electrons. The Morgan fingerprint density at radius 3 is 2.76 bits per heavy atom. The van der Waals surface area contributed by atoms with Crippen LogP contribution in [-0.2, 0) is 5.54 Å². The van der Waals surface area contributed by atoms with Gasteiger partial charge in [0, 0.05) is 16.1 Å². The minimum Gasteiger partial charge on any atom is -0.399 e. The van der Waals surface area contributed by atoms with Crippen LogP contribution >= 0.6 is 11.8 Å². The summed E-state index contributed by atoms with van der Waals surface area (Å²) in [6.07, 6.45) is 1.19. The van der Waals surface area contributed by atoms with E-state index in [-0.39, 0.29) is 5.54 Å². The molecule has 1 heterocycles. The number of nitrogen functional groups attached to an aromatic ring is 1. The van der Waals surface area contributed by atoms with Crippen LogP contribution in [0, 0.1) is 5.92 Å². The molecule has 0 aromatic heterocycles. The Bertz CT molecular complexity index is 413. The van der Waals surface area contributed by atoms with E-state index in [1.54, 1.807) is 0 Å². The SMILES string of the molecule is CC(C)CC1NC(C)(C)c2cc(N)ccc2S1. The normalized spacial score (nSPS) is 22.5. The van der Waals surface area contributed by atoms with Gasteiger partial charge in [-0.1, -0.05) is 13.8 Å². The molecule has 1 aromatic carbocycles. The van der Waals surface area contributed by atoms with Crippen molar-refractivity contribution in [3.05, 3.63) is 23.8 Å². The number of rotatable bonds is 2. The molecule has 1 atom stereocenters. The Balaban J connectivity index is 2.30. The highest BCUT2D eigenvalue weighted by molar-refractivity contribution is 8.00. The van der Waals surface area contributed by atoms with E-state index in [1.165, 1.54) is 16.9 Å². The summed E-state index contributed by atoms with van der Waals surface area (Å²) in [7, 11) is 0. The zero-order chi connectivity index (χ0) is 12.6. The van der Waals surface area contributed by atoms with Gasteiger partial charge >= 0.3 is 0 Å². The zero-order valence-corrected chi connectivity index (χ0v) is 11.9. The Morgan fingerprint density at radius 2 is 2.12 bits per heavy atom. The molecule has 3 heteroatoms. The Morgan fingerprint density at radius 1 is 1.41 bits per heavy atom. The highest BCUT2D eigenvalue weighted by Gasteiger charge is 2.32. The number of hydrogen-bond acceptors (Lipinski definition) is 3. The highest BCUT2D eigenvalue weighted by Crippen LogP contribution is 2.41. The molecule has 2 nitrogen and oxygen atoms in total. The average molecular weight is 250 g/mol. The fourth-order valence-corrected chi connectivity index (χ4v) is 4.07. The van der Waals surface area contributed by atoms with Gasteiger partial charge < -0.3 is 5.73 Å². The highest BCUT2D eigenvalue weighted by atomic mass is 32.2. The molecule has 94 valence electrons. The maximum atomic E-state index is 5.88. The second kappa shape index (κ2) is 4.54. The van der Waals surface area contributed by atoms with Crippen molar-refractivity contribution in [3.63, 3.8) is 0 Å². The summed E-state index contributed by atoms with van der Waals surface area (Å²) in [5.41, 5.74) is 8.06. The number of nitrogens with two attached hydrogens (primary N) is 1. The van der Waals surface area contributed by atoms with Crippen molar-refractivity contribution in [1.29, 1.82) is 0 Å². The van der Waals surface area contributed by atoms with Gasteiger partial charge in [0.1, 0.15) is 0 Å². The van der Waals surface area contributed by atoms with E-state index in [4.69, 9.17) is 5.73 Å². The van der Waals surface area contributed by atoms with Crippen LogP contribution in [0.25, 0.3) is 0 Å². The first-order chi connectivity index (χ1) is 7.88. The first kappa shape index (κ1) is 12.8. The van der Waals surface area contributed by atoms with Crippen LogP contribution in [-0.4, -0.2) is 5.37 Å². The quantitative estimate of drug-likeness (QED) is 0.788. The van der Waals surface area contributed by atoms with Gasteiger partial charge in [-0.2, -0.15) is 0 Å². The Labute approximate surface area is 108 Å². The fraction of sp³-hybridized carbons (Fsp3) is 0.571. The maximum absolute atomic E-state index is 5.88. The van der Waals surface area contributed by atoms with Crippen LogP contribution in [0.1, 0.15) is 39.7 Å². The van der Waals surface area contributed by atoms with Crippen LogP contribution in [0.4, 0.5) is 5.69 Å². The fourth-order valence-electron chi connectivity index (χ4n) is 2.34. The first-order valence-electron chi connectivity index (χ1n) is 6.23. The molecule has 0 aliphatic carbocycles. The van der Waals surface area contributed by atoms with Crippen LogP contribution in [0.5, 0.6) is 0 Å². The number of anilines is 1. The van der Waals surface area contributed by atoms with Crippen molar-refractivity contribution in [3.8, 4) is 0 Å². The topological polar surface area (TPSA) is 38.0 Å². The van der Waals surface area contributed by atoms with E-state index < -0.39 is 0 Å². The summed E-state index contributed by atoms with van der Waals surface area (Å²) >= 11 is 1.93. The summed E-state index contributed by atoms with van der Waals surface area (Å²) < 4.78 is 0. The predicted octanol–water partition coefficient (Wildman–Crippen LogP) is 3.57. The molecule has 0 bridgehead atoms. The molecule has 1 aromatic rings. The third-order valence-electron chi connectivity index (χ3n) is 3.15. The second-order valence-electron chi connectivity index (χ2n) is 5.76. The first-order valence-corrected chi connectivity index (χ1v) is 7.11. The van der Waals surface area contributed by atoms with Gasteiger partial charge in [-0.05, 0) is 49.9 Å². The number of fused-ring (bicyclic) bond motifs is 1. The summed E-state index contributed by atoms with van der Waals surface area (Å²) in [6.45, 7) is 9.01. The lowest BCUT2D eigenvalue weighted by Crippen LogP contribution is -2.46. The van der Waals surface area contributed by atoms with Crippen molar-refractivity contribution in [1.82, 2.24) is 5.32 Å². The van der Waals surface area contributed by atoms with E-state index in [0.29, 0.717) is 11.3 Å². The van der Waals surface area contributed by atoms with E-state index >= 15 is 0 Å². The van der Waals surface area contributed by atoms with Crippen LogP contribution in [0.3, 0.4) is 0 Å². The van der Waals surface area contributed by atoms with Crippen molar-refractivity contribution >= 4 is 17.4 Å². The molecule has 17 heavy (non-hydrogen) atoms. The van der Waals surface area contributed by atoms with E-state index in [0.717, 1.165) is 5.69 Å². The number of hydrogen-bond donors (Lipinski definition) is 2. The summed E-state index contributed by atoms with van der Waals surface area (Å²) in [6, 6.07) is 6.26. The third-order valence-corrected chi connectivity index (χ3v) is 4.36. The van der Waals surface area contributed by atoms with Crippen molar-refractivity contribution in [2.75, 3.05) is 5.73 Å². The average Bonchev–Trinajstić information content (AvgIpc) is 2.17. The number of nitrogens with one attached hydrogen (secondary N) is 1. The molecule has 2 rings (SSSR count). The smallest absolute Gasteiger partial charge is 0.0588 e. The lowest BCUT2D eigenvalue weighted by Gasteiger charge is -2.39. The molecule has 1 aliphatic rings. The van der Waals surface area contributed by atoms with Crippen molar-refractivity contribution in [2.45, 2.75) is 49.9 Å². The van der Waals surface area contributed by atoms with Gasteiger partial charge in [0.05, 0.1) is 5.37 Å². The maximum Gasteiger partial charge on any atom is 0.0588 e. The summed E-state index contributed by atoms with van der Waals surface area (Å²) in [5, 5.41) is 4.22. The van der Waals surface area contributed by atoms with Crippen LogP contribution in [0.2, 0.25) is 0 Å². The van der Waals surface area contributed by atoms with E-state index in [1.807, 2.05) is 17.8 Å². The minimum absolute atomic E-state index is 0.00944. The minimum atomic E-state index is 0.00944. The molecule has 1 aliphatic heterocycles. The lowest BCUT2D eigenvalue weighted by molar-refractivity contribution is 0.351. The molecular weight excluding hydrogens is 228 g/mol. The summed E-state index contributed by atoms with van der Waals surface area (Å²) in [4.78, 5) is 1.37.